The Morgan fingerprint density at radius 2 is 1.91 bits per heavy atom. The van der Waals surface area contributed by atoms with Crippen molar-refractivity contribution in [2.45, 2.75) is 6.92 Å². The van der Waals surface area contributed by atoms with Gasteiger partial charge in [0.15, 0.2) is 6.61 Å². The Bertz CT molecular complexity index is 716. The third-order valence-electron chi connectivity index (χ3n) is 2.79. The lowest BCUT2D eigenvalue weighted by Crippen LogP contribution is -2.21. The van der Waals surface area contributed by atoms with E-state index in [1.807, 2.05) is 13.0 Å². The molecule has 0 aliphatic carbocycles. The Kier molecular flexibility index (Phi) is 4.83. The normalized spacial score (nSPS) is 10.1. The summed E-state index contributed by atoms with van der Waals surface area (Å²) < 4.78 is 30.8. The maximum absolute atomic E-state index is 13.4. The number of ether oxygens (including phenoxy) is 1. The summed E-state index contributed by atoms with van der Waals surface area (Å²) in [5.74, 6) is -3.42. The Hall–Kier alpha value is -2.76. The van der Waals surface area contributed by atoms with Crippen LogP contribution < -0.4 is 5.32 Å². The van der Waals surface area contributed by atoms with Crippen LogP contribution in [0.1, 0.15) is 15.9 Å². The van der Waals surface area contributed by atoms with E-state index >= 15 is 0 Å². The van der Waals surface area contributed by atoms with E-state index in [1.165, 1.54) is 0 Å². The highest BCUT2D eigenvalue weighted by atomic mass is 19.1. The van der Waals surface area contributed by atoms with Gasteiger partial charge in [-0.3, -0.25) is 4.79 Å². The Morgan fingerprint density at radius 3 is 2.59 bits per heavy atom. The molecule has 0 fully saturated rings. The van der Waals surface area contributed by atoms with Crippen LogP contribution in [0.4, 0.5) is 14.5 Å². The summed E-state index contributed by atoms with van der Waals surface area (Å²) in [7, 11) is 0. The van der Waals surface area contributed by atoms with Crippen LogP contribution in [0, 0.1) is 18.6 Å². The number of halogens is 2. The predicted molar refractivity (Wildman–Crippen MR) is 76.4 cm³/mol. The van der Waals surface area contributed by atoms with Crippen molar-refractivity contribution in [3.05, 3.63) is 65.2 Å². The second-order valence-corrected chi connectivity index (χ2v) is 4.62. The van der Waals surface area contributed by atoms with Crippen molar-refractivity contribution < 1.29 is 23.1 Å². The van der Waals surface area contributed by atoms with Gasteiger partial charge in [0.1, 0.15) is 11.6 Å². The lowest BCUT2D eigenvalue weighted by atomic mass is 10.2. The first-order valence-corrected chi connectivity index (χ1v) is 6.44. The number of aryl methyl sites for hydroxylation is 1. The molecule has 1 amide bonds. The first kappa shape index (κ1) is 15.6. The topological polar surface area (TPSA) is 55.4 Å². The molecule has 2 aromatic carbocycles. The fourth-order valence-electron chi connectivity index (χ4n) is 1.78. The quantitative estimate of drug-likeness (QED) is 0.883. The van der Waals surface area contributed by atoms with Gasteiger partial charge in [-0.25, -0.2) is 13.6 Å². The minimum absolute atomic E-state index is 0.426. The molecule has 0 heterocycles. The molecular weight excluding hydrogens is 292 g/mol. The van der Waals surface area contributed by atoms with Gasteiger partial charge in [-0.15, -0.1) is 0 Å². The number of rotatable bonds is 4. The van der Waals surface area contributed by atoms with E-state index in [1.54, 1.807) is 18.2 Å². The van der Waals surface area contributed by atoms with Gasteiger partial charge in [0.05, 0.1) is 5.56 Å². The van der Waals surface area contributed by atoms with Gasteiger partial charge in [-0.2, -0.15) is 0 Å². The molecule has 2 aromatic rings. The number of hydrogen-bond donors (Lipinski definition) is 1. The molecule has 6 heteroatoms. The lowest BCUT2D eigenvalue weighted by molar-refractivity contribution is -0.119. The molecule has 0 atom stereocenters. The first-order chi connectivity index (χ1) is 10.5. The SMILES string of the molecule is Cc1cccc(NC(=O)COC(=O)c2ccc(F)cc2F)c1. The largest absolute Gasteiger partial charge is 0.452 e. The van der Waals surface area contributed by atoms with Crippen LogP contribution in [-0.4, -0.2) is 18.5 Å². The van der Waals surface area contributed by atoms with Crippen molar-refractivity contribution in [2.24, 2.45) is 0 Å². The van der Waals surface area contributed by atoms with Crippen LogP contribution in [0.3, 0.4) is 0 Å². The fourth-order valence-corrected chi connectivity index (χ4v) is 1.78. The van der Waals surface area contributed by atoms with Gasteiger partial charge in [0.25, 0.3) is 5.91 Å². The second kappa shape index (κ2) is 6.80. The number of anilines is 1. The van der Waals surface area contributed by atoms with Gasteiger partial charge < -0.3 is 10.1 Å². The van der Waals surface area contributed by atoms with Crippen LogP contribution in [-0.2, 0) is 9.53 Å². The minimum Gasteiger partial charge on any atom is -0.452 e. The number of amides is 1. The average Bonchev–Trinajstić information content (AvgIpc) is 2.45. The van der Waals surface area contributed by atoms with Gasteiger partial charge in [0.2, 0.25) is 0 Å². The summed E-state index contributed by atoms with van der Waals surface area (Å²) >= 11 is 0. The van der Waals surface area contributed by atoms with Crippen molar-refractivity contribution in [3.8, 4) is 0 Å². The highest BCUT2D eigenvalue weighted by Crippen LogP contribution is 2.12. The molecule has 0 aliphatic rings. The summed E-state index contributed by atoms with van der Waals surface area (Å²) in [6, 6.07) is 9.55. The maximum atomic E-state index is 13.4. The summed E-state index contributed by atoms with van der Waals surface area (Å²) in [5, 5.41) is 2.54. The molecule has 4 nitrogen and oxygen atoms in total. The Morgan fingerprint density at radius 1 is 1.14 bits per heavy atom. The number of carbonyl (C=O) groups is 2. The minimum atomic E-state index is -1.04. The molecule has 0 spiro atoms. The third kappa shape index (κ3) is 4.12. The molecule has 114 valence electrons. The van der Waals surface area contributed by atoms with Crippen molar-refractivity contribution >= 4 is 17.6 Å². The van der Waals surface area contributed by atoms with Crippen molar-refractivity contribution in [1.29, 1.82) is 0 Å². The third-order valence-corrected chi connectivity index (χ3v) is 2.79. The molecule has 2 rings (SSSR count). The van der Waals surface area contributed by atoms with E-state index in [-0.39, 0.29) is 0 Å². The number of hydrogen-bond acceptors (Lipinski definition) is 3. The average molecular weight is 305 g/mol. The highest BCUT2D eigenvalue weighted by Gasteiger charge is 2.15. The zero-order valence-corrected chi connectivity index (χ0v) is 11.7. The zero-order valence-electron chi connectivity index (χ0n) is 11.7. The van der Waals surface area contributed by atoms with Gasteiger partial charge >= 0.3 is 5.97 Å². The van der Waals surface area contributed by atoms with Crippen molar-refractivity contribution in [2.75, 3.05) is 11.9 Å². The van der Waals surface area contributed by atoms with Crippen LogP contribution in [0.25, 0.3) is 0 Å². The Balaban J connectivity index is 1.92. The molecule has 0 aliphatic heterocycles. The van der Waals surface area contributed by atoms with Crippen molar-refractivity contribution in [1.82, 2.24) is 0 Å². The number of esters is 1. The Labute approximate surface area is 125 Å². The molecule has 0 radical (unpaired) electrons. The van der Waals surface area contributed by atoms with Gasteiger partial charge in [-0.1, -0.05) is 12.1 Å². The monoisotopic (exact) mass is 305 g/mol. The fraction of sp³-hybridized carbons (Fsp3) is 0.125. The van der Waals surface area contributed by atoms with Crippen molar-refractivity contribution in [3.63, 3.8) is 0 Å². The van der Waals surface area contributed by atoms with Gasteiger partial charge in [-0.05, 0) is 36.8 Å². The van der Waals surface area contributed by atoms with E-state index in [9.17, 15) is 18.4 Å². The maximum Gasteiger partial charge on any atom is 0.341 e. The molecule has 22 heavy (non-hydrogen) atoms. The lowest BCUT2D eigenvalue weighted by Gasteiger charge is -2.07. The van der Waals surface area contributed by atoms with Crippen LogP contribution in [0.2, 0.25) is 0 Å². The number of nitrogens with one attached hydrogen (secondary N) is 1. The van der Waals surface area contributed by atoms with E-state index < -0.39 is 35.7 Å². The van der Waals surface area contributed by atoms with Crippen LogP contribution in [0.15, 0.2) is 42.5 Å². The molecule has 0 saturated carbocycles. The van der Waals surface area contributed by atoms with Crippen LogP contribution in [0.5, 0.6) is 0 Å². The number of carbonyl (C=O) groups excluding carboxylic acids is 2. The summed E-state index contributed by atoms with van der Waals surface area (Å²) in [6.07, 6.45) is 0. The molecule has 0 saturated heterocycles. The summed E-state index contributed by atoms with van der Waals surface area (Å²) in [6.45, 7) is 1.30. The second-order valence-electron chi connectivity index (χ2n) is 4.62. The summed E-state index contributed by atoms with van der Waals surface area (Å²) in [4.78, 5) is 23.3. The predicted octanol–water partition coefficient (Wildman–Crippen LogP) is 3.07. The van der Waals surface area contributed by atoms with E-state index in [0.29, 0.717) is 11.8 Å². The zero-order chi connectivity index (χ0) is 16.1. The molecule has 0 aromatic heterocycles. The van der Waals surface area contributed by atoms with E-state index in [4.69, 9.17) is 4.74 Å². The molecule has 0 unspecified atom stereocenters. The molecule has 1 N–H and O–H groups in total. The van der Waals surface area contributed by atoms with Crippen LogP contribution >= 0.6 is 0 Å². The number of benzene rings is 2. The first-order valence-electron chi connectivity index (χ1n) is 6.44. The summed E-state index contributed by atoms with van der Waals surface area (Å²) in [5.41, 5.74) is 1.10. The highest BCUT2D eigenvalue weighted by molar-refractivity contribution is 5.95. The molecular formula is C16H13F2NO3. The standard InChI is InChI=1S/C16H13F2NO3/c1-10-3-2-4-12(7-10)19-15(20)9-22-16(21)13-6-5-11(17)8-14(13)18/h2-8H,9H2,1H3,(H,19,20). The van der Waals surface area contributed by atoms with E-state index in [0.717, 1.165) is 17.7 Å². The van der Waals surface area contributed by atoms with Gasteiger partial charge in [0, 0.05) is 11.8 Å². The smallest absolute Gasteiger partial charge is 0.341 e. The molecule has 0 bridgehead atoms. The van der Waals surface area contributed by atoms with E-state index in [2.05, 4.69) is 5.32 Å².